The maximum absolute atomic E-state index is 5.41. The van der Waals surface area contributed by atoms with Gasteiger partial charge in [0.15, 0.2) is 10.4 Å². The quantitative estimate of drug-likeness (QED) is 0.876. The number of likely N-dealkylation sites (tertiary alicyclic amines) is 1. The van der Waals surface area contributed by atoms with E-state index in [-0.39, 0.29) is 0 Å². The van der Waals surface area contributed by atoms with E-state index in [1.807, 2.05) is 13.0 Å². The molecule has 0 aliphatic carbocycles. The molecule has 1 saturated heterocycles. The molecule has 2 aromatic heterocycles. The van der Waals surface area contributed by atoms with Crippen LogP contribution < -0.4 is 0 Å². The predicted octanol–water partition coefficient (Wildman–Crippen LogP) is 2.89. The molecule has 1 fully saturated rings. The topological polar surface area (TPSA) is 36.9 Å². The van der Waals surface area contributed by atoms with Gasteiger partial charge in [-0.1, -0.05) is 6.42 Å². The molecule has 0 atom stereocenters. The Morgan fingerprint density at radius 1 is 1.21 bits per heavy atom. The maximum atomic E-state index is 5.41. The average molecular weight is 276 g/mol. The van der Waals surface area contributed by atoms with Crippen LogP contribution in [0, 0.1) is 11.7 Å². The van der Waals surface area contributed by atoms with E-state index in [2.05, 4.69) is 25.5 Å². The molecule has 2 aromatic rings. The van der Waals surface area contributed by atoms with Crippen molar-refractivity contribution in [3.8, 4) is 0 Å². The molecule has 0 saturated carbocycles. The summed E-state index contributed by atoms with van der Waals surface area (Å²) in [7, 11) is 0. The minimum Gasteiger partial charge on any atom is -0.329 e. The Hall–Kier alpha value is -1.20. The molecule has 102 valence electrons. The average Bonchev–Trinajstić information content (AvgIpc) is 2.73. The summed E-state index contributed by atoms with van der Waals surface area (Å²) in [6.07, 6.45) is 4.04. The lowest BCUT2D eigenvalue weighted by molar-refractivity contribution is 0.221. The number of hydrogen-bond acceptors (Lipinski definition) is 3. The molecule has 19 heavy (non-hydrogen) atoms. The highest BCUT2D eigenvalue weighted by Gasteiger charge is 2.11. The van der Waals surface area contributed by atoms with Gasteiger partial charge in [0.05, 0.1) is 5.52 Å². The van der Waals surface area contributed by atoms with Crippen LogP contribution >= 0.6 is 12.2 Å². The Morgan fingerprint density at radius 3 is 2.79 bits per heavy atom. The Morgan fingerprint density at radius 2 is 2.00 bits per heavy atom. The monoisotopic (exact) mass is 276 g/mol. The third kappa shape index (κ3) is 2.72. The fourth-order valence-electron chi connectivity index (χ4n) is 2.76. The van der Waals surface area contributed by atoms with Crippen molar-refractivity contribution in [2.24, 2.45) is 0 Å². The summed E-state index contributed by atoms with van der Waals surface area (Å²) in [5, 5.41) is 0. The summed E-state index contributed by atoms with van der Waals surface area (Å²) in [4.78, 5) is 10.4. The first-order chi connectivity index (χ1) is 9.24. The first-order valence-electron chi connectivity index (χ1n) is 7.02. The molecule has 1 aliphatic heterocycles. The summed E-state index contributed by atoms with van der Waals surface area (Å²) in [6.45, 7) is 6.46. The molecule has 1 N–H and O–H groups in total. The van der Waals surface area contributed by atoms with E-state index < -0.39 is 0 Å². The molecule has 3 heterocycles. The van der Waals surface area contributed by atoms with Crippen LogP contribution in [0.5, 0.6) is 0 Å². The van der Waals surface area contributed by atoms with Gasteiger partial charge in [-0.2, -0.15) is 0 Å². The molecule has 3 rings (SSSR count). The summed E-state index contributed by atoms with van der Waals surface area (Å²) < 4.78 is 2.91. The standard InChI is InChI=1S/C14H20N4S/c1-11-5-6-12-13(15-11)18(14(19)16-12)10-9-17-7-3-2-4-8-17/h5-6H,2-4,7-10H2,1H3,(H,16,19). The fraction of sp³-hybridized carbons (Fsp3) is 0.571. The van der Waals surface area contributed by atoms with E-state index >= 15 is 0 Å². The van der Waals surface area contributed by atoms with Gasteiger partial charge < -0.3 is 14.5 Å². The van der Waals surface area contributed by atoms with Gasteiger partial charge in [0.2, 0.25) is 0 Å². The molecule has 0 bridgehead atoms. The van der Waals surface area contributed by atoms with E-state index in [4.69, 9.17) is 12.2 Å². The number of hydrogen-bond donors (Lipinski definition) is 1. The maximum Gasteiger partial charge on any atom is 0.179 e. The van der Waals surface area contributed by atoms with Crippen LogP contribution in [0.2, 0.25) is 0 Å². The van der Waals surface area contributed by atoms with Crippen LogP contribution in [0.15, 0.2) is 12.1 Å². The Balaban J connectivity index is 1.81. The number of aromatic amines is 1. The summed E-state index contributed by atoms with van der Waals surface area (Å²) in [6, 6.07) is 4.08. The summed E-state index contributed by atoms with van der Waals surface area (Å²) in [5.41, 5.74) is 3.06. The first kappa shape index (κ1) is 12.8. The van der Waals surface area contributed by atoms with Gasteiger partial charge in [-0.25, -0.2) is 4.98 Å². The molecule has 0 amide bonds. The van der Waals surface area contributed by atoms with Crippen LogP contribution in [-0.4, -0.2) is 39.1 Å². The number of nitrogens with one attached hydrogen (secondary N) is 1. The molecule has 0 spiro atoms. The van der Waals surface area contributed by atoms with E-state index in [0.717, 1.165) is 34.7 Å². The van der Waals surface area contributed by atoms with E-state index in [1.54, 1.807) is 0 Å². The number of H-pyrrole nitrogens is 1. The second-order valence-electron chi connectivity index (χ2n) is 5.31. The number of imidazole rings is 1. The summed E-state index contributed by atoms with van der Waals surface area (Å²) in [5.74, 6) is 0. The molecule has 0 unspecified atom stereocenters. The van der Waals surface area contributed by atoms with Gasteiger partial charge in [0.25, 0.3) is 0 Å². The highest BCUT2D eigenvalue weighted by molar-refractivity contribution is 7.71. The van der Waals surface area contributed by atoms with E-state index in [0.29, 0.717) is 0 Å². The minimum absolute atomic E-state index is 0.783. The largest absolute Gasteiger partial charge is 0.329 e. The SMILES string of the molecule is Cc1ccc2[nH]c(=S)n(CCN3CCCCC3)c2n1. The Labute approximate surface area is 118 Å². The van der Waals surface area contributed by atoms with Crippen molar-refractivity contribution in [3.05, 3.63) is 22.6 Å². The third-order valence-corrected chi connectivity index (χ3v) is 4.17. The van der Waals surface area contributed by atoms with Crippen LogP contribution in [-0.2, 0) is 6.54 Å². The van der Waals surface area contributed by atoms with Crippen molar-refractivity contribution >= 4 is 23.4 Å². The zero-order chi connectivity index (χ0) is 13.2. The van der Waals surface area contributed by atoms with Gasteiger partial charge in [0.1, 0.15) is 0 Å². The lowest BCUT2D eigenvalue weighted by Crippen LogP contribution is -2.32. The minimum atomic E-state index is 0.783. The zero-order valence-electron chi connectivity index (χ0n) is 11.4. The number of piperidine rings is 1. The summed E-state index contributed by atoms with van der Waals surface area (Å²) >= 11 is 5.41. The van der Waals surface area contributed by atoms with Gasteiger partial charge in [-0.3, -0.25) is 0 Å². The first-order valence-corrected chi connectivity index (χ1v) is 7.43. The van der Waals surface area contributed by atoms with E-state index in [1.165, 1.54) is 32.4 Å². The molecule has 0 radical (unpaired) electrons. The fourth-order valence-corrected chi connectivity index (χ4v) is 3.04. The highest BCUT2D eigenvalue weighted by atomic mass is 32.1. The van der Waals surface area contributed by atoms with Crippen LogP contribution in [0.1, 0.15) is 25.0 Å². The molecular formula is C14H20N4S. The zero-order valence-corrected chi connectivity index (χ0v) is 12.2. The second kappa shape index (κ2) is 5.43. The van der Waals surface area contributed by atoms with E-state index in [9.17, 15) is 0 Å². The van der Waals surface area contributed by atoms with Crippen molar-refractivity contribution in [1.29, 1.82) is 0 Å². The Bertz CT molecular complexity index is 622. The number of nitrogens with zero attached hydrogens (tertiary/aromatic N) is 3. The number of pyridine rings is 1. The number of rotatable bonds is 3. The van der Waals surface area contributed by atoms with Gasteiger partial charge in [-0.15, -0.1) is 0 Å². The highest BCUT2D eigenvalue weighted by Crippen LogP contribution is 2.14. The molecule has 4 nitrogen and oxygen atoms in total. The van der Waals surface area contributed by atoms with Gasteiger partial charge >= 0.3 is 0 Å². The third-order valence-electron chi connectivity index (χ3n) is 3.85. The Kier molecular flexibility index (Phi) is 3.66. The van der Waals surface area contributed by atoms with Crippen LogP contribution in [0.25, 0.3) is 11.2 Å². The van der Waals surface area contributed by atoms with Crippen molar-refractivity contribution in [2.75, 3.05) is 19.6 Å². The van der Waals surface area contributed by atoms with Crippen LogP contribution in [0.3, 0.4) is 0 Å². The lowest BCUT2D eigenvalue weighted by atomic mass is 10.1. The van der Waals surface area contributed by atoms with Crippen LogP contribution in [0.4, 0.5) is 0 Å². The molecule has 1 aliphatic rings. The van der Waals surface area contributed by atoms with Gasteiger partial charge in [0, 0.05) is 18.8 Å². The van der Waals surface area contributed by atoms with Gasteiger partial charge in [-0.05, 0) is 57.2 Å². The molecule has 5 heteroatoms. The predicted molar refractivity (Wildman–Crippen MR) is 79.9 cm³/mol. The number of aromatic nitrogens is 3. The van der Waals surface area contributed by atoms with Crippen molar-refractivity contribution in [1.82, 2.24) is 19.4 Å². The lowest BCUT2D eigenvalue weighted by Gasteiger charge is -2.26. The number of fused-ring (bicyclic) bond motifs is 1. The molecule has 0 aromatic carbocycles. The normalized spacial score (nSPS) is 17.1. The molecular weight excluding hydrogens is 256 g/mol. The number of aryl methyl sites for hydroxylation is 1. The van der Waals surface area contributed by atoms with Crippen molar-refractivity contribution < 1.29 is 0 Å². The van der Waals surface area contributed by atoms with Crippen molar-refractivity contribution in [3.63, 3.8) is 0 Å². The smallest absolute Gasteiger partial charge is 0.179 e. The second-order valence-corrected chi connectivity index (χ2v) is 5.69. The van der Waals surface area contributed by atoms with Crippen molar-refractivity contribution in [2.45, 2.75) is 32.7 Å².